The number of aryl methyl sites for hydroxylation is 2. The van der Waals surface area contributed by atoms with Crippen molar-refractivity contribution in [3.05, 3.63) is 27.2 Å². The van der Waals surface area contributed by atoms with Crippen LogP contribution >= 0.6 is 34.4 Å². The quantitative estimate of drug-likeness (QED) is 0.335. The third kappa shape index (κ3) is 5.43. The number of aliphatic imine (C=N–C) groups is 1. The van der Waals surface area contributed by atoms with Gasteiger partial charge in [-0.25, -0.2) is 9.97 Å². The van der Waals surface area contributed by atoms with E-state index in [1.807, 2.05) is 41.7 Å². The van der Waals surface area contributed by atoms with Crippen LogP contribution in [-0.4, -0.2) is 47.2 Å². The molecule has 0 bridgehead atoms. The molecule has 136 valence electrons. The smallest absolute Gasteiger partial charge is 0.193 e. The minimum atomic E-state index is 0.825. The van der Waals surface area contributed by atoms with Gasteiger partial charge in [-0.1, -0.05) is 11.8 Å². The van der Waals surface area contributed by atoms with Crippen molar-refractivity contribution in [1.29, 1.82) is 0 Å². The number of thioether (sulfide) groups is 1. The van der Waals surface area contributed by atoms with E-state index in [2.05, 4.69) is 27.2 Å². The van der Waals surface area contributed by atoms with Crippen molar-refractivity contribution >= 4 is 40.4 Å². The Bertz CT molecular complexity index is 657. The molecule has 8 heteroatoms. The molecular formula is C17H25N5S3. The second-order valence-corrected chi connectivity index (χ2v) is 9.42. The average Bonchev–Trinajstić information content (AvgIpc) is 3.26. The lowest BCUT2D eigenvalue weighted by atomic mass is 10.0. The highest BCUT2D eigenvalue weighted by molar-refractivity contribution is 8.00. The molecule has 0 aliphatic heterocycles. The van der Waals surface area contributed by atoms with E-state index < -0.39 is 0 Å². The summed E-state index contributed by atoms with van der Waals surface area (Å²) in [5.74, 6) is 2.01. The number of nitrogens with one attached hydrogen (secondary N) is 1. The molecule has 2 aromatic heterocycles. The van der Waals surface area contributed by atoms with E-state index in [0.717, 1.165) is 42.0 Å². The van der Waals surface area contributed by atoms with E-state index in [9.17, 15) is 0 Å². The van der Waals surface area contributed by atoms with Crippen LogP contribution in [0.15, 0.2) is 20.9 Å². The van der Waals surface area contributed by atoms with E-state index in [1.165, 1.54) is 34.8 Å². The zero-order valence-corrected chi connectivity index (χ0v) is 17.3. The van der Waals surface area contributed by atoms with Crippen molar-refractivity contribution in [2.75, 3.05) is 26.4 Å². The van der Waals surface area contributed by atoms with E-state index >= 15 is 0 Å². The van der Waals surface area contributed by atoms with Crippen molar-refractivity contribution in [3.8, 4) is 0 Å². The highest BCUT2D eigenvalue weighted by atomic mass is 32.2. The van der Waals surface area contributed by atoms with Gasteiger partial charge in [0, 0.05) is 42.8 Å². The summed E-state index contributed by atoms with van der Waals surface area (Å²) < 4.78 is 1.15. The molecule has 1 aliphatic rings. The van der Waals surface area contributed by atoms with Crippen LogP contribution in [0.4, 0.5) is 0 Å². The molecular weight excluding hydrogens is 370 g/mol. The normalized spacial score (nSPS) is 14.4. The number of fused-ring (bicyclic) bond motifs is 1. The Balaban J connectivity index is 1.41. The molecule has 0 spiro atoms. The standard InChI is InChI=1S/C17H25N5S3/c1-18-16(19-8-5-10-23-17-20-9-11-24-17)22(2)12-15-21-13-6-3-4-7-14(13)25-15/h9,11H,3-8,10,12H2,1-2H3,(H,18,19). The fourth-order valence-corrected chi connectivity index (χ4v) is 5.71. The Kier molecular flexibility index (Phi) is 7.12. The van der Waals surface area contributed by atoms with Crippen LogP contribution in [0.3, 0.4) is 0 Å². The second-order valence-electron chi connectivity index (χ2n) is 6.01. The number of hydrogen-bond donors (Lipinski definition) is 1. The number of aromatic nitrogens is 2. The molecule has 0 saturated carbocycles. The van der Waals surface area contributed by atoms with Gasteiger partial charge in [0.15, 0.2) is 5.96 Å². The van der Waals surface area contributed by atoms with Crippen LogP contribution in [0.5, 0.6) is 0 Å². The topological polar surface area (TPSA) is 53.4 Å². The summed E-state index contributed by atoms with van der Waals surface area (Å²) in [5.41, 5.74) is 1.34. The number of guanidine groups is 1. The summed E-state index contributed by atoms with van der Waals surface area (Å²) in [6.07, 6.45) is 7.90. The Morgan fingerprint density at radius 2 is 2.28 bits per heavy atom. The van der Waals surface area contributed by atoms with Gasteiger partial charge < -0.3 is 10.2 Å². The third-order valence-corrected chi connectivity index (χ3v) is 7.27. The molecule has 25 heavy (non-hydrogen) atoms. The molecule has 5 nitrogen and oxygen atoms in total. The first-order valence-electron chi connectivity index (χ1n) is 8.68. The Morgan fingerprint density at radius 3 is 3.04 bits per heavy atom. The molecule has 0 aromatic carbocycles. The monoisotopic (exact) mass is 395 g/mol. The van der Waals surface area contributed by atoms with E-state index in [0.29, 0.717) is 0 Å². The average molecular weight is 396 g/mol. The van der Waals surface area contributed by atoms with Crippen LogP contribution in [-0.2, 0) is 19.4 Å². The molecule has 3 rings (SSSR count). The summed E-state index contributed by atoms with van der Waals surface area (Å²) >= 11 is 5.40. The SMILES string of the molecule is CN=C(NCCCSc1nccs1)N(C)Cc1nc2c(s1)CCCC2. The number of rotatable bonds is 7. The predicted molar refractivity (Wildman–Crippen MR) is 109 cm³/mol. The maximum Gasteiger partial charge on any atom is 0.193 e. The van der Waals surface area contributed by atoms with E-state index in [-0.39, 0.29) is 0 Å². The Hall–Kier alpha value is -1.12. The molecule has 0 fully saturated rings. The number of thiazole rings is 2. The summed E-state index contributed by atoms with van der Waals surface area (Å²) in [4.78, 5) is 17.2. The largest absolute Gasteiger partial charge is 0.356 e. The van der Waals surface area contributed by atoms with Crippen LogP contribution in [0.2, 0.25) is 0 Å². The lowest BCUT2D eigenvalue weighted by Crippen LogP contribution is -2.39. The van der Waals surface area contributed by atoms with Gasteiger partial charge in [0.25, 0.3) is 0 Å². The van der Waals surface area contributed by atoms with Gasteiger partial charge in [-0.3, -0.25) is 4.99 Å². The number of hydrogen-bond acceptors (Lipinski definition) is 6. The third-order valence-electron chi connectivity index (χ3n) is 4.08. The molecule has 0 atom stereocenters. The maximum atomic E-state index is 4.83. The predicted octanol–water partition coefficient (Wildman–Crippen LogP) is 3.67. The fourth-order valence-electron chi connectivity index (χ4n) is 2.85. The number of nitrogens with zero attached hydrogens (tertiary/aromatic N) is 4. The van der Waals surface area contributed by atoms with Gasteiger partial charge in [-0.05, 0) is 32.1 Å². The highest BCUT2D eigenvalue weighted by Gasteiger charge is 2.16. The van der Waals surface area contributed by atoms with Crippen molar-refractivity contribution in [3.63, 3.8) is 0 Å². The second kappa shape index (κ2) is 9.54. The van der Waals surface area contributed by atoms with Gasteiger partial charge in [0.05, 0.1) is 12.2 Å². The van der Waals surface area contributed by atoms with Gasteiger partial charge >= 0.3 is 0 Å². The first-order valence-corrected chi connectivity index (χ1v) is 11.4. The zero-order chi connectivity index (χ0) is 17.5. The lowest BCUT2D eigenvalue weighted by molar-refractivity contribution is 0.475. The molecule has 0 unspecified atom stereocenters. The Labute approximate surface area is 162 Å². The van der Waals surface area contributed by atoms with Gasteiger partial charge in [-0.2, -0.15) is 0 Å². The highest BCUT2D eigenvalue weighted by Crippen LogP contribution is 2.27. The minimum absolute atomic E-state index is 0.825. The molecule has 0 radical (unpaired) electrons. The lowest BCUT2D eigenvalue weighted by Gasteiger charge is -2.20. The summed E-state index contributed by atoms with van der Waals surface area (Å²) in [6, 6.07) is 0. The maximum absolute atomic E-state index is 4.83. The summed E-state index contributed by atoms with van der Waals surface area (Å²) in [7, 11) is 3.93. The van der Waals surface area contributed by atoms with Crippen molar-refractivity contribution in [1.82, 2.24) is 20.2 Å². The molecule has 1 aliphatic carbocycles. The fraction of sp³-hybridized carbons (Fsp3) is 0.588. The van der Waals surface area contributed by atoms with Crippen LogP contribution in [0.1, 0.15) is 34.8 Å². The zero-order valence-electron chi connectivity index (χ0n) is 14.8. The molecule has 1 N–H and O–H groups in total. The van der Waals surface area contributed by atoms with Gasteiger partial charge in [0.2, 0.25) is 0 Å². The van der Waals surface area contributed by atoms with Crippen molar-refractivity contribution < 1.29 is 0 Å². The van der Waals surface area contributed by atoms with Gasteiger partial charge in [-0.15, -0.1) is 22.7 Å². The van der Waals surface area contributed by atoms with Gasteiger partial charge in [0.1, 0.15) is 9.35 Å². The first kappa shape index (κ1) is 18.7. The van der Waals surface area contributed by atoms with Crippen LogP contribution in [0.25, 0.3) is 0 Å². The first-order chi connectivity index (χ1) is 12.3. The summed E-state index contributed by atoms with van der Waals surface area (Å²) in [6.45, 7) is 1.75. The van der Waals surface area contributed by atoms with E-state index in [1.54, 1.807) is 11.3 Å². The van der Waals surface area contributed by atoms with Crippen LogP contribution in [0, 0.1) is 0 Å². The van der Waals surface area contributed by atoms with Crippen molar-refractivity contribution in [2.24, 2.45) is 4.99 Å². The summed E-state index contributed by atoms with van der Waals surface area (Å²) in [5, 5.41) is 6.68. The van der Waals surface area contributed by atoms with Crippen molar-refractivity contribution in [2.45, 2.75) is 43.0 Å². The molecule has 2 aromatic rings. The molecule has 0 saturated heterocycles. The van der Waals surface area contributed by atoms with E-state index in [4.69, 9.17) is 4.98 Å². The minimum Gasteiger partial charge on any atom is -0.356 e. The van der Waals surface area contributed by atoms with Crippen LogP contribution < -0.4 is 5.32 Å². The Morgan fingerprint density at radius 1 is 1.40 bits per heavy atom. The molecule has 2 heterocycles. The molecule has 0 amide bonds.